The van der Waals surface area contributed by atoms with Gasteiger partial charge >= 0.3 is 5.97 Å². The Morgan fingerprint density at radius 2 is 1.79 bits per heavy atom. The van der Waals surface area contributed by atoms with Gasteiger partial charge in [0.2, 0.25) is 5.88 Å². The number of benzene rings is 2. The maximum Gasteiger partial charge on any atom is 0.305 e. The average Bonchev–Trinajstić information content (AvgIpc) is 3.36. The number of carbonyl (C=O) groups excluding carboxylic acids is 2. The Bertz CT molecular complexity index is 1320. The first-order valence-electron chi connectivity index (χ1n) is 12.9. The smallest absolute Gasteiger partial charge is 0.305 e. The zero-order valence-corrected chi connectivity index (χ0v) is 22.8. The van der Waals surface area contributed by atoms with Gasteiger partial charge in [0.15, 0.2) is 5.78 Å². The van der Waals surface area contributed by atoms with Gasteiger partial charge in [-0.1, -0.05) is 26.0 Å². The predicted molar refractivity (Wildman–Crippen MR) is 152 cm³/mol. The lowest BCUT2D eigenvalue weighted by Crippen LogP contribution is -2.32. The molecule has 0 aliphatic rings. The zero-order chi connectivity index (χ0) is 26.9. The molecular weight excluding hydrogens is 498 g/mol. The first-order valence-corrected chi connectivity index (χ1v) is 13.7. The molecule has 4 aromatic rings. The summed E-state index contributed by atoms with van der Waals surface area (Å²) >= 11 is 1.65. The molecule has 38 heavy (non-hydrogen) atoms. The Labute approximate surface area is 227 Å². The molecule has 0 unspecified atom stereocenters. The van der Waals surface area contributed by atoms with Crippen LogP contribution < -0.4 is 10.1 Å². The van der Waals surface area contributed by atoms with Gasteiger partial charge in [0.05, 0.1) is 22.9 Å². The van der Waals surface area contributed by atoms with E-state index in [1.165, 1.54) is 0 Å². The highest BCUT2D eigenvalue weighted by molar-refractivity contribution is 7.21. The number of nitrogens with one attached hydrogen (secondary N) is 1. The third-order valence-electron chi connectivity index (χ3n) is 6.14. The summed E-state index contributed by atoms with van der Waals surface area (Å²) in [6, 6.07) is 19.4. The second-order valence-corrected chi connectivity index (χ2v) is 10.4. The molecule has 0 amide bonds. The number of esters is 1. The van der Waals surface area contributed by atoms with Crippen molar-refractivity contribution >= 4 is 39.0 Å². The van der Waals surface area contributed by atoms with E-state index in [1.807, 2.05) is 54.6 Å². The van der Waals surface area contributed by atoms with Crippen molar-refractivity contribution in [1.29, 1.82) is 0 Å². The zero-order valence-electron chi connectivity index (χ0n) is 22.0. The van der Waals surface area contributed by atoms with Crippen molar-refractivity contribution in [2.24, 2.45) is 5.92 Å². The number of Topliss-reactive ketones (excluding diaryl/α,β-unsaturated/α-hetero) is 1. The maximum atomic E-state index is 12.4. The minimum atomic E-state index is -0.263. The van der Waals surface area contributed by atoms with E-state index in [0.29, 0.717) is 43.4 Å². The summed E-state index contributed by atoms with van der Waals surface area (Å²) in [5.74, 6) is 0.623. The second-order valence-electron chi connectivity index (χ2n) is 9.34. The number of hydrogen-bond acceptors (Lipinski definition) is 8. The number of thiazole rings is 1. The second kappa shape index (κ2) is 13.1. The van der Waals surface area contributed by atoms with Crippen LogP contribution in [-0.4, -0.2) is 41.0 Å². The van der Waals surface area contributed by atoms with Crippen LogP contribution in [0.2, 0.25) is 0 Å². The summed E-state index contributed by atoms with van der Waals surface area (Å²) in [7, 11) is 0. The number of anilines is 1. The Morgan fingerprint density at radius 3 is 2.47 bits per heavy atom. The van der Waals surface area contributed by atoms with Crippen molar-refractivity contribution in [3.63, 3.8) is 0 Å². The highest BCUT2D eigenvalue weighted by atomic mass is 32.1. The van der Waals surface area contributed by atoms with Gasteiger partial charge < -0.3 is 14.8 Å². The summed E-state index contributed by atoms with van der Waals surface area (Å²) in [6.07, 6.45) is 2.86. The predicted octanol–water partition coefficient (Wildman–Crippen LogP) is 6.79. The van der Waals surface area contributed by atoms with Gasteiger partial charge in [-0.3, -0.25) is 9.59 Å². The van der Waals surface area contributed by atoms with Crippen molar-refractivity contribution in [2.45, 2.75) is 46.1 Å². The molecule has 2 heterocycles. The largest absolute Gasteiger partial charge is 0.475 e. The quantitative estimate of drug-likeness (QED) is 0.150. The number of ether oxygens (including phenoxy) is 2. The molecule has 2 aromatic carbocycles. The Balaban J connectivity index is 1.29. The molecule has 0 aliphatic carbocycles. The van der Waals surface area contributed by atoms with Gasteiger partial charge in [-0.15, -0.1) is 11.3 Å². The molecule has 0 radical (unpaired) electrons. The number of hydrogen-bond donors (Lipinski definition) is 1. The number of nitrogens with zero attached hydrogens (tertiary/aromatic N) is 2. The van der Waals surface area contributed by atoms with E-state index in [9.17, 15) is 9.59 Å². The molecule has 7 nitrogen and oxygen atoms in total. The van der Waals surface area contributed by atoms with Crippen LogP contribution in [0.3, 0.4) is 0 Å². The SMILES string of the molecule is CCOC(=O)CCCC(=O)c1ccc(N[C@H](COc2ccc(-c3nc4ccccc4s3)cn2)C(C)C)cc1. The normalized spacial score (nSPS) is 11.9. The van der Waals surface area contributed by atoms with Crippen LogP contribution in [0.1, 0.15) is 50.4 Å². The molecule has 1 N–H and O–H groups in total. The molecule has 0 saturated heterocycles. The van der Waals surface area contributed by atoms with Gasteiger partial charge in [0.25, 0.3) is 0 Å². The van der Waals surface area contributed by atoms with E-state index in [1.54, 1.807) is 24.5 Å². The van der Waals surface area contributed by atoms with E-state index in [0.717, 1.165) is 26.5 Å². The minimum Gasteiger partial charge on any atom is -0.475 e. The first-order chi connectivity index (χ1) is 18.4. The maximum absolute atomic E-state index is 12.4. The van der Waals surface area contributed by atoms with Gasteiger partial charge in [-0.25, -0.2) is 9.97 Å². The number of rotatable bonds is 13. The lowest BCUT2D eigenvalue weighted by Gasteiger charge is -2.23. The van der Waals surface area contributed by atoms with Crippen LogP contribution in [0.15, 0.2) is 66.9 Å². The number of aromatic nitrogens is 2. The van der Waals surface area contributed by atoms with Crippen LogP contribution >= 0.6 is 11.3 Å². The lowest BCUT2D eigenvalue weighted by molar-refractivity contribution is -0.143. The molecule has 0 fully saturated rings. The molecule has 2 aromatic heterocycles. The number of para-hydroxylation sites is 1. The summed E-state index contributed by atoms with van der Waals surface area (Å²) in [5, 5.41) is 4.44. The molecule has 0 saturated carbocycles. The molecule has 8 heteroatoms. The summed E-state index contributed by atoms with van der Waals surface area (Å²) in [4.78, 5) is 33.1. The Hall–Kier alpha value is -3.78. The van der Waals surface area contributed by atoms with Crippen molar-refractivity contribution in [2.75, 3.05) is 18.5 Å². The van der Waals surface area contributed by atoms with Crippen LogP contribution in [-0.2, 0) is 9.53 Å². The highest BCUT2D eigenvalue weighted by Gasteiger charge is 2.16. The van der Waals surface area contributed by atoms with Crippen LogP contribution in [0.25, 0.3) is 20.8 Å². The van der Waals surface area contributed by atoms with Gasteiger partial charge in [0, 0.05) is 41.9 Å². The van der Waals surface area contributed by atoms with E-state index >= 15 is 0 Å². The Kier molecular flexibility index (Phi) is 9.43. The minimum absolute atomic E-state index is 0.0185. The van der Waals surface area contributed by atoms with Crippen molar-refractivity contribution in [3.8, 4) is 16.5 Å². The molecule has 0 aliphatic heterocycles. The average molecular weight is 532 g/mol. The number of ketones is 1. The lowest BCUT2D eigenvalue weighted by atomic mass is 10.0. The van der Waals surface area contributed by atoms with Crippen LogP contribution in [0.5, 0.6) is 5.88 Å². The highest BCUT2D eigenvalue weighted by Crippen LogP contribution is 2.30. The third-order valence-corrected chi connectivity index (χ3v) is 7.23. The molecule has 1 atom stereocenters. The standard InChI is InChI=1S/C30H33N3O4S/c1-4-36-29(35)11-7-9-26(34)21-12-15-23(16-13-21)32-25(20(2)3)19-37-28-17-14-22(18-31-28)30-33-24-8-5-6-10-27(24)38-30/h5-6,8,10,12-18,20,25,32H,4,7,9,11,19H2,1-3H3/t25-/m1/s1. The van der Waals surface area contributed by atoms with E-state index in [-0.39, 0.29) is 24.2 Å². The van der Waals surface area contributed by atoms with Gasteiger partial charge in [-0.2, -0.15) is 0 Å². The van der Waals surface area contributed by atoms with E-state index < -0.39 is 0 Å². The van der Waals surface area contributed by atoms with Crippen molar-refractivity contribution in [3.05, 3.63) is 72.4 Å². The molecule has 0 spiro atoms. The molecule has 0 bridgehead atoms. The van der Waals surface area contributed by atoms with Crippen molar-refractivity contribution in [1.82, 2.24) is 9.97 Å². The Morgan fingerprint density at radius 1 is 1.00 bits per heavy atom. The fourth-order valence-corrected chi connectivity index (χ4v) is 4.86. The van der Waals surface area contributed by atoms with E-state index in [4.69, 9.17) is 14.5 Å². The van der Waals surface area contributed by atoms with Crippen LogP contribution in [0, 0.1) is 5.92 Å². The first kappa shape index (κ1) is 27.3. The monoisotopic (exact) mass is 531 g/mol. The number of carbonyl (C=O) groups is 2. The molecule has 4 rings (SSSR count). The summed E-state index contributed by atoms with van der Waals surface area (Å²) < 4.78 is 12.1. The molecular formula is C30H33N3O4S. The summed E-state index contributed by atoms with van der Waals surface area (Å²) in [5.41, 5.74) is 3.50. The van der Waals surface area contributed by atoms with Gasteiger partial charge in [-0.05, 0) is 61.7 Å². The number of fused-ring (bicyclic) bond motifs is 1. The summed E-state index contributed by atoms with van der Waals surface area (Å²) in [6.45, 7) is 6.84. The fourth-order valence-electron chi connectivity index (χ4n) is 3.90. The van der Waals surface area contributed by atoms with Crippen molar-refractivity contribution < 1.29 is 19.1 Å². The topological polar surface area (TPSA) is 90.4 Å². The van der Waals surface area contributed by atoms with Gasteiger partial charge in [0.1, 0.15) is 11.6 Å². The number of pyridine rings is 1. The van der Waals surface area contributed by atoms with E-state index in [2.05, 4.69) is 30.2 Å². The fraction of sp³-hybridized carbons (Fsp3) is 0.333. The molecule has 198 valence electrons. The van der Waals surface area contributed by atoms with Crippen LogP contribution in [0.4, 0.5) is 5.69 Å². The third kappa shape index (κ3) is 7.38.